The molecule has 92 valence electrons. The van der Waals surface area contributed by atoms with Crippen LogP contribution in [-0.2, 0) is 19.0 Å². The predicted molar refractivity (Wildman–Crippen MR) is 63.0 cm³/mol. The molecule has 1 saturated heterocycles. The maximum Gasteiger partial charge on any atom is 0.338 e. The molecule has 4 nitrogen and oxygen atoms in total. The van der Waals surface area contributed by atoms with Crippen LogP contribution in [-0.4, -0.2) is 21.6 Å². The Bertz CT molecular complexity index is 506. The SMILES string of the molecule is Cc1ccc(S(=O)(=O)O/C=C2/CCOC2)cc1. The minimum absolute atomic E-state index is 0.166. The molecule has 0 spiro atoms. The van der Waals surface area contributed by atoms with E-state index in [9.17, 15) is 8.42 Å². The Morgan fingerprint density at radius 1 is 1.29 bits per heavy atom. The summed E-state index contributed by atoms with van der Waals surface area (Å²) in [5, 5.41) is 0. The molecule has 0 unspecified atom stereocenters. The molecule has 1 aromatic carbocycles. The van der Waals surface area contributed by atoms with Crippen molar-refractivity contribution in [1.29, 1.82) is 0 Å². The highest BCUT2D eigenvalue weighted by molar-refractivity contribution is 7.86. The summed E-state index contributed by atoms with van der Waals surface area (Å²) < 4.78 is 33.6. The standard InChI is InChI=1S/C12H14O4S/c1-10-2-4-12(5-3-10)17(13,14)16-9-11-6-7-15-8-11/h2-5,9H,6-8H2,1H3/b11-9-. The van der Waals surface area contributed by atoms with E-state index in [-0.39, 0.29) is 4.90 Å². The molecule has 1 aliphatic heterocycles. The largest absolute Gasteiger partial charge is 0.387 e. The lowest BCUT2D eigenvalue weighted by molar-refractivity contribution is 0.204. The topological polar surface area (TPSA) is 52.6 Å². The van der Waals surface area contributed by atoms with Crippen LogP contribution in [0.1, 0.15) is 12.0 Å². The van der Waals surface area contributed by atoms with Gasteiger partial charge in [0.15, 0.2) is 0 Å². The highest BCUT2D eigenvalue weighted by Gasteiger charge is 2.15. The average molecular weight is 254 g/mol. The van der Waals surface area contributed by atoms with Crippen LogP contribution < -0.4 is 0 Å². The van der Waals surface area contributed by atoms with Gasteiger partial charge in [-0.2, -0.15) is 8.42 Å². The van der Waals surface area contributed by atoms with E-state index in [4.69, 9.17) is 8.92 Å². The molecule has 0 atom stereocenters. The van der Waals surface area contributed by atoms with E-state index in [0.717, 1.165) is 17.6 Å². The minimum atomic E-state index is -3.70. The molecule has 1 aliphatic rings. The zero-order chi connectivity index (χ0) is 12.3. The fraction of sp³-hybridized carbons (Fsp3) is 0.333. The summed E-state index contributed by atoms with van der Waals surface area (Å²) in [6.45, 7) is 2.97. The Balaban J connectivity index is 2.13. The minimum Gasteiger partial charge on any atom is -0.387 e. The third-order valence-corrected chi connectivity index (χ3v) is 3.71. The van der Waals surface area contributed by atoms with Gasteiger partial charge in [0.2, 0.25) is 0 Å². The van der Waals surface area contributed by atoms with E-state index in [2.05, 4.69) is 0 Å². The first-order valence-corrected chi connectivity index (χ1v) is 6.74. The van der Waals surface area contributed by atoms with Crippen molar-refractivity contribution in [2.45, 2.75) is 18.2 Å². The second-order valence-electron chi connectivity index (χ2n) is 3.94. The van der Waals surface area contributed by atoms with Gasteiger partial charge in [0.05, 0.1) is 13.2 Å². The van der Waals surface area contributed by atoms with Crippen molar-refractivity contribution in [2.75, 3.05) is 13.2 Å². The molecule has 0 radical (unpaired) electrons. The molecule has 0 aliphatic carbocycles. The molecule has 1 aromatic rings. The lowest BCUT2D eigenvalue weighted by atomic mass is 10.2. The molecule has 1 heterocycles. The summed E-state index contributed by atoms with van der Waals surface area (Å²) in [4.78, 5) is 0.166. The fourth-order valence-corrected chi connectivity index (χ4v) is 2.31. The molecular weight excluding hydrogens is 240 g/mol. The Hall–Kier alpha value is -1.33. The summed E-state index contributed by atoms with van der Waals surface area (Å²) in [6, 6.07) is 6.55. The Morgan fingerprint density at radius 2 is 2.00 bits per heavy atom. The van der Waals surface area contributed by atoms with E-state index in [1.54, 1.807) is 12.1 Å². The summed E-state index contributed by atoms with van der Waals surface area (Å²) >= 11 is 0. The van der Waals surface area contributed by atoms with E-state index < -0.39 is 10.1 Å². The van der Waals surface area contributed by atoms with Crippen LogP contribution in [0.4, 0.5) is 0 Å². The summed E-state index contributed by atoms with van der Waals surface area (Å²) in [5.41, 5.74) is 1.87. The van der Waals surface area contributed by atoms with Gasteiger partial charge in [0.25, 0.3) is 0 Å². The molecule has 0 amide bonds. The number of ether oxygens (including phenoxy) is 1. The number of hydrogen-bond acceptors (Lipinski definition) is 4. The molecule has 5 heteroatoms. The number of benzene rings is 1. The van der Waals surface area contributed by atoms with Crippen LogP contribution in [0.25, 0.3) is 0 Å². The normalized spacial score (nSPS) is 18.5. The van der Waals surface area contributed by atoms with Crippen molar-refractivity contribution >= 4 is 10.1 Å². The first kappa shape index (κ1) is 12.1. The maximum atomic E-state index is 11.8. The van der Waals surface area contributed by atoms with Crippen LogP contribution in [0.5, 0.6) is 0 Å². The summed E-state index contributed by atoms with van der Waals surface area (Å²) in [5.74, 6) is 0. The third-order valence-electron chi connectivity index (χ3n) is 2.51. The molecule has 2 rings (SSSR count). The zero-order valence-electron chi connectivity index (χ0n) is 9.55. The van der Waals surface area contributed by atoms with Crippen molar-refractivity contribution in [1.82, 2.24) is 0 Å². The van der Waals surface area contributed by atoms with Gasteiger partial charge in [0, 0.05) is 0 Å². The molecule has 0 saturated carbocycles. The molecule has 1 fully saturated rings. The zero-order valence-corrected chi connectivity index (χ0v) is 10.4. The van der Waals surface area contributed by atoms with Crippen LogP contribution in [0.2, 0.25) is 0 Å². The number of rotatable bonds is 3. The lowest BCUT2D eigenvalue weighted by Gasteiger charge is -2.04. The van der Waals surface area contributed by atoms with Crippen molar-refractivity contribution in [3.8, 4) is 0 Å². The van der Waals surface area contributed by atoms with Gasteiger partial charge >= 0.3 is 10.1 Å². The van der Waals surface area contributed by atoms with Crippen molar-refractivity contribution in [3.05, 3.63) is 41.7 Å². The fourth-order valence-electron chi connectivity index (χ4n) is 1.46. The first-order chi connectivity index (χ1) is 8.08. The number of aryl methyl sites for hydroxylation is 1. The Kier molecular flexibility index (Phi) is 3.49. The van der Waals surface area contributed by atoms with E-state index in [1.165, 1.54) is 18.4 Å². The van der Waals surface area contributed by atoms with E-state index >= 15 is 0 Å². The van der Waals surface area contributed by atoms with E-state index in [1.807, 2.05) is 6.92 Å². The quantitative estimate of drug-likeness (QED) is 0.611. The smallest absolute Gasteiger partial charge is 0.338 e. The highest BCUT2D eigenvalue weighted by Crippen LogP contribution is 2.16. The molecular formula is C12H14O4S. The van der Waals surface area contributed by atoms with Crippen molar-refractivity contribution < 1.29 is 17.3 Å². The summed E-state index contributed by atoms with van der Waals surface area (Å²) in [6.07, 6.45) is 2.01. The van der Waals surface area contributed by atoms with Gasteiger partial charge < -0.3 is 8.92 Å². The van der Waals surface area contributed by atoms with Gasteiger partial charge in [-0.3, -0.25) is 0 Å². The highest BCUT2D eigenvalue weighted by atomic mass is 32.2. The maximum absolute atomic E-state index is 11.8. The van der Waals surface area contributed by atoms with Gasteiger partial charge in [-0.25, -0.2) is 0 Å². The second kappa shape index (κ2) is 4.89. The Labute approximate surface area is 101 Å². The third kappa shape index (κ3) is 3.08. The van der Waals surface area contributed by atoms with Crippen LogP contribution in [0.3, 0.4) is 0 Å². The van der Waals surface area contributed by atoms with Crippen LogP contribution >= 0.6 is 0 Å². The van der Waals surface area contributed by atoms with Crippen molar-refractivity contribution in [2.24, 2.45) is 0 Å². The van der Waals surface area contributed by atoms with Crippen LogP contribution in [0, 0.1) is 6.92 Å². The lowest BCUT2D eigenvalue weighted by Crippen LogP contribution is -2.03. The molecule has 0 bridgehead atoms. The Morgan fingerprint density at radius 3 is 2.59 bits per heavy atom. The second-order valence-corrected chi connectivity index (χ2v) is 5.51. The number of hydrogen-bond donors (Lipinski definition) is 0. The van der Waals surface area contributed by atoms with E-state index in [0.29, 0.717) is 13.2 Å². The average Bonchev–Trinajstić information content (AvgIpc) is 2.80. The van der Waals surface area contributed by atoms with Crippen LogP contribution in [0.15, 0.2) is 41.0 Å². The molecule has 17 heavy (non-hydrogen) atoms. The molecule has 0 N–H and O–H groups in total. The molecule has 0 aromatic heterocycles. The monoisotopic (exact) mass is 254 g/mol. The predicted octanol–water partition coefficient (Wildman–Crippen LogP) is 2.00. The van der Waals surface area contributed by atoms with Crippen molar-refractivity contribution in [3.63, 3.8) is 0 Å². The first-order valence-electron chi connectivity index (χ1n) is 5.33. The van der Waals surface area contributed by atoms with Gasteiger partial charge in [-0.1, -0.05) is 17.7 Å². The summed E-state index contributed by atoms with van der Waals surface area (Å²) in [7, 11) is -3.70. The van der Waals surface area contributed by atoms with Gasteiger partial charge in [0.1, 0.15) is 11.2 Å². The van der Waals surface area contributed by atoms with Gasteiger partial charge in [-0.05, 0) is 31.1 Å². The van der Waals surface area contributed by atoms with Gasteiger partial charge in [-0.15, -0.1) is 0 Å².